The van der Waals surface area contributed by atoms with Crippen LogP contribution in [0.1, 0.15) is 1.43 Å². The van der Waals surface area contributed by atoms with Gasteiger partial charge in [0.1, 0.15) is 0 Å². The second kappa shape index (κ2) is 19.6. The van der Waals surface area contributed by atoms with Gasteiger partial charge in [-0.25, -0.2) is 9.97 Å². The van der Waals surface area contributed by atoms with E-state index >= 15 is 0 Å². The summed E-state index contributed by atoms with van der Waals surface area (Å²) in [5.74, 6) is 0. The molecule has 0 saturated carbocycles. The van der Waals surface area contributed by atoms with Gasteiger partial charge >= 0.3 is 18.9 Å². The molecule has 0 fully saturated rings. The predicted octanol–water partition coefficient (Wildman–Crippen LogP) is 12.2. The van der Waals surface area contributed by atoms with Crippen LogP contribution in [0.15, 0.2) is 243 Å². The third-order valence-electron chi connectivity index (χ3n) is 10.4. The van der Waals surface area contributed by atoms with E-state index in [1.165, 1.54) is 48.5 Å². The Balaban J connectivity index is 0.000000131. The van der Waals surface area contributed by atoms with Gasteiger partial charge in [-0.1, -0.05) is 170 Å². The topological polar surface area (TPSA) is 38.7 Å². The average Bonchev–Trinajstić information content (AvgIpc) is 3.35. The molecule has 0 spiro atoms. The first-order chi connectivity index (χ1) is 29.8. The zero-order valence-corrected chi connectivity index (χ0v) is 33.9. The van der Waals surface area contributed by atoms with Crippen molar-refractivity contribution < 1.29 is 20.3 Å². The van der Waals surface area contributed by atoms with E-state index < -0.39 is 0 Å². The van der Waals surface area contributed by atoms with Gasteiger partial charge in [0.2, 0.25) is 0 Å². The van der Waals surface area contributed by atoms with Crippen LogP contribution < -0.4 is 18.9 Å². The van der Waals surface area contributed by atoms with E-state index in [1.54, 1.807) is 0 Å². The van der Waals surface area contributed by atoms with Crippen molar-refractivity contribution >= 4 is 65.0 Å². The summed E-state index contributed by atoms with van der Waals surface area (Å²) in [5, 5.41) is 11.2. The quantitative estimate of drug-likeness (QED) is 0.0997. The van der Waals surface area contributed by atoms with E-state index in [2.05, 4.69) is 175 Å². The summed E-state index contributed by atoms with van der Waals surface area (Å²) < 4.78 is 0. The average molecular weight is 776 g/mol. The summed E-state index contributed by atoms with van der Waals surface area (Å²) in [7, 11) is 0. The van der Waals surface area contributed by atoms with Crippen LogP contribution in [0.2, 0.25) is 0 Å². The maximum atomic E-state index is 4.80. The van der Waals surface area contributed by atoms with Crippen molar-refractivity contribution in [3.8, 4) is 22.5 Å². The molecule has 0 atom stereocenters. The Labute approximate surface area is 369 Å². The molecule has 0 N–H and O–H groups in total. The zero-order valence-electron chi connectivity index (χ0n) is 33.9. The van der Waals surface area contributed by atoms with Gasteiger partial charge in [-0.15, -0.1) is 0 Å². The van der Waals surface area contributed by atoms with E-state index in [4.69, 9.17) is 9.97 Å². The first-order valence-corrected chi connectivity index (χ1v) is 20.1. The first kappa shape index (κ1) is 40.4. The van der Waals surface area contributed by atoms with Crippen molar-refractivity contribution in [1.82, 2.24) is 15.0 Å². The minimum atomic E-state index is 0. The van der Waals surface area contributed by atoms with E-state index in [-0.39, 0.29) is 20.3 Å². The fourth-order valence-corrected chi connectivity index (χ4v) is 7.49. The van der Waals surface area contributed by atoms with E-state index in [0.717, 1.165) is 39.1 Å². The fourth-order valence-electron chi connectivity index (χ4n) is 7.49. The molecule has 0 amide bonds. The molecule has 0 radical (unpaired) electrons. The van der Waals surface area contributed by atoms with Crippen LogP contribution in [0.25, 0.3) is 87.5 Å². The van der Waals surface area contributed by atoms with Crippen molar-refractivity contribution in [2.75, 3.05) is 0 Å². The third-order valence-corrected chi connectivity index (χ3v) is 10.4. The molecule has 3 heterocycles. The van der Waals surface area contributed by atoms with Gasteiger partial charge in [-0.3, -0.25) is 4.98 Å². The Kier molecular flexibility index (Phi) is 12.9. The number of aromatic nitrogens is 3. The van der Waals surface area contributed by atoms with Crippen molar-refractivity contribution in [3.63, 3.8) is 0 Å². The minimum Gasteiger partial charge on any atom is -0.256 e. The number of fused-ring (bicyclic) bond motifs is 9. The maximum absolute atomic E-state index is 4.80. The van der Waals surface area contributed by atoms with E-state index in [1.807, 2.05) is 79.0 Å². The molecule has 12 rings (SSSR count). The molecule has 0 aliphatic rings. The van der Waals surface area contributed by atoms with Crippen LogP contribution >= 0.6 is 0 Å². The number of hydrogen-bond acceptors (Lipinski definition) is 3. The molecule has 0 unspecified atom stereocenters. The van der Waals surface area contributed by atoms with Crippen LogP contribution in [0.5, 0.6) is 0 Å². The summed E-state index contributed by atoms with van der Waals surface area (Å²) >= 11 is 0. The maximum Gasteiger partial charge on any atom is 1.00 e. The monoisotopic (exact) mass is 775 g/mol. The normalized spacial score (nSPS) is 10.5. The van der Waals surface area contributed by atoms with Crippen molar-refractivity contribution in [3.05, 3.63) is 249 Å². The van der Waals surface area contributed by atoms with Crippen molar-refractivity contribution in [1.29, 1.82) is 0 Å². The molecule has 0 saturated heterocycles. The van der Waals surface area contributed by atoms with Crippen LogP contribution in [-0.2, 0) is 0 Å². The summed E-state index contributed by atoms with van der Waals surface area (Å²) in [6.45, 7) is 0. The standard InChI is InChI=1S/2C19H13N.C13H9N.C6H5.Li.H2/c2*1-2-7-15(8-3-1)18-13-11-17-16-9-5-4-6-14(16)10-12-19(17)20-18;1-2-5-11-10(4-1)7-8-13-12(11)6-3-9-14-13;1-2-4-6-5-3-1;;/h2*1-13H;1-9H;1-5H;;1H/q;;;-1;+1;. The van der Waals surface area contributed by atoms with Gasteiger partial charge in [0.15, 0.2) is 0 Å². The molecule has 9 aromatic carbocycles. The van der Waals surface area contributed by atoms with Gasteiger partial charge in [0, 0.05) is 34.9 Å². The summed E-state index contributed by atoms with van der Waals surface area (Å²) in [5.41, 5.74) is 7.51. The number of rotatable bonds is 2. The van der Waals surface area contributed by atoms with Gasteiger partial charge < -0.3 is 0 Å². The molecular formula is C57H42LiN3. The Morgan fingerprint density at radius 3 is 1.10 bits per heavy atom. The smallest absolute Gasteiger partial charge is 0.256 e. The Bertz CT molecular complexity index is 3090. The Morgan fingerprint density at radius 1 is 0.295 bits per heavy atom. The number of pyridine rings is 3. The van der Waals surface area contributed by atoms with Gasteiger partial charge in [0.25, 0.3) is 0 Å². The minimum absolute atomic E-state index is 0. The summed E-state index contributed by atoms with van der Waals surface area (Å²) in [4.78, 5) is 13.9. The third kappa shape index (κ3) is 9.41. The van der Waals surface area contributed by atoms with Crippen molar-refractivity contribution in [2.45, 2.75) is 0 Å². The zero-order chi connectivity index (χ0) is 40.4. The molecule has 4 heteroatoms. The van der Waals surface area contributed by atoms with Crippen LogP contribution in [0, 0.1) is 6.07 Å². The second-order valence-electron chi connectivity index (χ2n) is 14.3. The molecule has 3 aromatic heterocycles. The summed E-state index contributed by atoms with van der Waals surface area (Å²) in [6, 6.07) is 83.7. The number of nitrogens with zero attached hydrogens (tertiary/aromatic N) is 3. The van der Waals surface area contributed by atoms with Gasteiger partial charge in [0.05, 0.1) is 27.9 Å². The molecule has 0 bridgehead atoms. The number of hydrogen-bond donors (Lipinski definition) is 0. The largest absolute Gasteiger partial charge is 1.00 e. The van der Waals surface area contributed by atoms with Crippen LogP contribution in [-0.4, -0.2) is 15.0 Å². The first-order valence-electron chi connectivity index (χ1n) is 20.1. The van der Waals surface area contributed by atoms with Gasteiger partial charge in [-0.05, 0) is 68.7 Å². The molecule has 3 nitrogen and oxygen atoms in total. The molecule has 12 aromatic rings. The fraction of sp³-hybridized carbons (Fsp3) is 0. The van der Waals surface area contributed by atoms with Gasteiger partial charge in [-0.2, -0.15) is 36.4 Å². The Hall–Kier alpha value is -7.41. The molecule has 0 aliphatic carbocycles. The second-order valence-corrected chi connectivity index (χ2v) is 14.3. The Morgan fingerprint density at radius 2 is 0.672 bits per heavy atom. The predicted molar refractivity (Wildman–Crippen MR) is 256 cm³/mol. The van der Waals surface area contributed by atoms with Crippen LogP contribution in [0.4, 0.5) is 0 Å². The molecular weight excluding hydrogens is 734 g/mol. The summed E-state index contributed by atoms with van der Waals surface area (Å²) in [6.07, 6.45) is 1.83. The van der Waals surface area contributed by atoms with E-state index in [0.29, 0.717) is 0 Å². The molecule has 286 valence electrons. The van der Waals surface area contributed by atoms with Crippen molar-refractivity contribution in [2.24, 2.45) is 0 Å². The molecule has 61 heavy (non-hydrogen) atoms. The van der Waals surface area contributed by atoms with E-state index in [9.17, 15) is 0 Å². The number of benzene rings is 9. The van der Waals surface area contributed by atoms with Crippen LogP contribution in [0.3, 0.4) is 0 Å². The SMILES string of the molecule is [HH].[Li+].[c-]1ccccc1.c1ccc(-c2ccc3c(ccc4ccccc43)n2)cc1.c1ccc(-c2ccc3c(ccc4ccccc43)n2)cc1.c1ccc2c(c1)ccc1ncccc12. The molecule has 0 aliphatic heterocycles.